The van der Waals surface area contributed by atoms with Crippen LogP contribution >= 0.6 is 0 Å². The molecule has 1 saturated heterocycles. The highest BCUT2D eigenvalue weighted by Gasteiger charge is 2.31. The molecule has 1 unspecified atom stereocenters. The van der Waals surface area contributed by atoms with E-state index in [1.165, 1.54) is 22.5 Å². The van der Waals surface area contributed by atoms with E-state index < -0.39 is 16.0 Å². The minimum atomic E-state index is -3.92. The molecule has 3 rings (SSSR count). The van der Waals surface area contributed by atoms with Crippen LogP contribution in [0.2, 0.25) is 0 Å². The van der Waals surface area contributed by atoms with Crippen LogP contribution in [0.1, 0.15) is 30.3 Å². The predicted octanol–water partition coefficient (Wildman–Crippen LogP) is 2.33. The molecule has 1 fully saturated rings. The van der Waals surface area contributed by atoms with Crippen molar-refractivity contribution in [1.29, 1.82) is 0 Å². The highest BCUT2D eigenvalue weighted by Crippen LogP contribution is 2.26. The molecular formula is C16H18FN3O3S. The van der Waals surface area contributed by atoms with Gasteiger partial charge >= 0.3 is 10.2 Å². The van der Waals surface area contributed by atoms with Crippen molar-refractivity contribution in [2.45, 2.75) is 19.8 Å². The molecule has 1 atom stereocenters. The van der Waals surface area contributed by atoms with E-state index in [1.54, 1.807) is 6.07 Å². The van der Waals surface area contributed by atoms with Crippen molar-refractivity contribution in [2.24, 2.45) is 5.92 Å². The Morgan fingerprint density at radius 3 is 2.75 bits per heavy atom. The van der Waals surface area contributed by atoms with Crippen molar-refractivity contribution in [3.05, 3.63) is 42.0 Å². The molecule has 1 aromatic carbocycles. The molecule has 1 aliphatic rings. The molecule has 2 heterocycles. The number of aromatic nitrogens is 2. The first-order valence-electron chi connectivity index (χ1n) is 7.73. The SMILES string of the molecule is CC1CCCN(S(=O)(=O)n2cc(C=O)nc2-c2ccccc2F)C1. The molecule has 0 bridgehead atoms. The highest BCUT2D eigenvalue weighted by atomic mass is 32.2. The summed E-state index contributed by atoms with van der Waals surface area (Å²) in [4.78, 5) is 15.1. The van der Waals surface area contributed by atoms with Gasteiger partial charge in [-0.1, -0.05) is 19.1 Å². The Kier molecular flexibility index (Phi) is 4.51. The van der Waals surface area contributed by atoms with E-state index in [4.69, 9.17) is 0 Å². The molecule has 2 aromatic rings. The largest absolute Gasteiger partial charge is 0.309 e. The van der Waals surface area contributed by atoms with Crippen molar-refractivity contribution < 1.29 is 17.6 Å². The maximum Gasteiger partial charge on any atom is 0.309 e. The summed E-state index contributed by atoms with van der Waals surface area (Å²) in [5.41, 5.74) is -0.0129. The van der Waals surface area contributed by atoms with Gasteiger partial charge in [-0.15, -0.1) is 0 Å². The lowest BCUT2D eigenvalue weighted by Gasteiger charge is -2.30. The van der Waals surface area contributed by atoms with Crippen LogP contribution in [-0.2, 0) is 10.2 Å². The summed E-state index contributed by atoms with van der Waals surface area (Å²) in [7, 11) is -3.92. The van der Waals surface area contributed by atoms with Crippen LogP contribution in [0.5, 0.6) is 0 Å². The van der Waals surface area contributed by atoms with Gasteiger partial charge in [-0.25, -0.2) is 13.3 Å². The molecule has 6 nitrogen and oxygen atoms in total. The van der Waals surface area contributed by atoms with Crippen molar-refractivity contribution in [3.8, 4) is 11.4 Å². The number of benzene rings is 1. The topological polar surface area (TPSA) is 72.3 Å². The van der Waals surface area contributed by atoms with Crippen molar-refractivity contribution in [1.82, 2.24) is 13.3 Å². The molecule has 0 radical (unpaired) electrons. The Bertz CT molecular complexity index is 863. The van der Waals surface area contributed by atoms with Crippen molar-refractivity contribution >= 4 is 16.5 Å². The lowest BCUT2D eigenvalue weighted by molar-refractivity contribution is 0.111. The molecule has 1 aliphatic heterocycles. The van der Waals surface area contributed by atoms with Crippen molar-refractivity contribution in [2.75, 3.05) is 13.1 Å². The minimum absolute atomic E-state index is 0.0410. The van der Waals surface area contributed by atoms with Gasteiger partial charge in [0.1, 0.15) is 11.5 Å². The Hall–Kier alpha value is -2.06. The summed E-state index contributed by atoms with van der Waals surface area (Å²) in [6.45, 7) is 2.79. The summed E-state index contributed by atoms with van der Waals surface area (Å²) >= 11 is 0. The minimum Gasteiger partial charge on any atom is -0.296 e. The van der Waals surface area contributed by atoms with Gasteiger partial charge in [0.2, 0.25) is 0 Å². The van der Waals surface area contributed by atoms with E-state index in [-0.39, 0.29) is 23.0 Å². The number of halogens is 1. The number of imidazole rings is 1. The van der Waals surface area contributed by atoms with Gasteiger partial charge in [0.05, 0.1) is 11.8 Å². The second-order valence-electron chi connectivity index (χ2n) is 6.00. The summed E-state index contributed by atoms with van der Waals surface area (Å²) in [5.74, 6) is -0.433. The fourth-order valence-corrected chi connectivity index (χ4v) is 4.57. The van der Waals surface area contributed by atoms with E-state index in [2.05, 4.69) is 4.98 Å². The number of nitrogens with zero attached hydrogens (tertiary/aromatic N) is 3. The fourth-order valence-electron chi connectivity index (χ4n) is 2.92. The zero-order valence-corrected chi connectivity index (χ0v) is 14.0. The first kappa shape index (κ1) is 16.8. The van der Waals surface area contributed by atoms with E-state index in [9.17, 15) is 17.6 Å². The van der Waals surface area contributed by atoms with Crippen LogP contribution < -0.4 is 0 Å². The monoisotopic (exact) mass is 351 g/mol. The molecule has 8 heteroatoms. The third kappa shape index (κ3) is 2.99. The lowest BCUT2D eigenvalue weighted by Crippen LogP contribution is -2.42. The molecular weight excluding hydrogens is 333 g/mol. The van der Waals surface area contributed by atoms with E-state index in [0.717, 1.165) is 23.0 Å². The van der Waals surface area contributed by atoms with E-state index in [0.29, 0.717) is 19.4 Å². The normalized spacial score (nSPS) is 19.3. The molecule has 0 aliphatic carbocycles. The highest BCUT2D eigenvalue weighted by molar-refractivity contribution is 7.87. The zero-order chi connectivity index (χ0) is 17.3. The Morgan fingerprint density at radius 2 is 2.08 bits per heavy atom. The number of carbonyl (C=O) groups excluding carboxylic acids is 1. The number of rotatable bonds is 4. The maximum atomic E-state index is 14.1. The number of hydrogen-bond donors (Lipinski definition) is 0. The third-order valence-corrected chi connectivity index (χ3v) is 5.88. The van der Waals surface area contributed by atoms with Gasteiger partial charge in [-0.3, -0.25) is 4.79 Å². The maximum absolute atomic E-state index is 14.1. The molecule has 24 heavy (non-hydrogen) atoms. The van der Waals surface area contributed by atoms with Crippen molar-refractivity contribution in [3.63, 3.8) is 0 Å². The number of aldehydes is 1. The first-order chi connectivity index (χ1) is 11.4. The smallest absolute Gasteiger partial charge is 0.296 e. The molecule has 0 amide bonds. The Labute approximate surface area is 140 Å². The number of piperidine rings is 1. The van der Waals surface area contributed by atoms with Gasteiger partial charge in [-0.05, 0) is 30.9 Å². The summed E-state index contributed by atoms with van der Waals surface area (Å²) in [6.07, 6.45) is 3.33. The van der Waals surface area contributed by atoms with Crippen LogP contribution in [-0.4, -0.2) is 41.1 Å². The zero-order valence-electron chi connectivity index (χ0n) is 13.2. The van der Waals surface area contributed by atoms with Gasteiger partial charge in [0.15, 0.2) is 12.1 Å². The molecule has 0 N–H and O–H groups in total. The average Bonchev–Trinajstić information content (AvgIpc) is 3.00. The van der Waals surface area contributed by atoms with Gasteiger partial charge in [0, 0.05) is 13.1 Å². The number of carbonyl (C=O) groups is 1. The molecule has 1 aromatic heterocycles. The Morgan fingerprint density at radius 1 is 1.33 bits per heavy atom. The Balaban J connectivity index is 2.12. The third-order valence-electron chi connectivity index (χ3n) is 4.12. The molecule has 0 saturated carbocycles. The predicted molar refractivity (Wildman–Crippen MR) is 87.3 cm³/mol. The number of hydrogen-bond acceptors (Lipinski definition) is 4. The fraction of sp³-hybridized carbons (Fsp3) is 0.375. The van der Waals surface area contributed by atoms with Gasteiger partial charge < -0.3 is 0 Å². The van der Waals surface area contributed by atoms with Gasteiger partial charge in [-0.2, -0.15) is 12.7 Å². The van der Waals surface area contributed by atoms with E-state index in [1.807, 2.05) is 6.92 Å². The summed E-state index contributed by atoms with van der Waals surface area (Å²) in [6, 6.07) is 5.77. The standard InChI is InChI=1S/C16H18FN3O3S/c1-12-5-4-8-19(9-12)24(22,23)20-10-13(11-21)18-16(20)14-6-2-3-7-15(14)17/h2-3,6-7,10-12H,4-5,8-9H2,1H3. The first-order valence-corrected chi connectivity index (χ1v) is 9.13. The second-order valence-corrected chi connectivity index (χ2v) is 7.80. The van der Waals surface area contributed by atoms with Crippen LogP contribution in [0.25, 0.3) is 11.4 Å². The quantitative estimate of drug-likeness (QED) is 0.793. The molecule has 0 spiro atoms. The lowest BCUT2D eigenvalue weighted by atomic mass is 10.0. The van der Waals surface area contributed by atoms with E-state index >= 15 is 0 Å². The summed E-state index contributed by atoms with van der Waals surface area (Å²) in [5, 5.41) is 0. The van der Waals surface area contributed by atoms with Crippen LogP contribution in [0, 0.1) is 11.7 Å². The molecule has 128 valence electrons. The van der Waals surface area contributed by atoms with Gasteiger partial charge in [0.25, 0.3) is 0 Å². The summed E-state index contributed by atoms with van der Waals surface area (Å²) < 4.78 is 42.3. The second kappa shape index (κ2) is 6.45. The van der Waals surface area contributed by atoms with Crippen LogP contribution in [0.3, 0.4) is 0 Å². The van der Waals surface area contributed by atoms with Crippen LogP contribution in [0.4, 0.5) is 4.39 Å². The van der Waals surface area contributed by atoms with Crippen LogP contribution in [0.15, 0.2) is 30.5 Å². The average molecular weight is 351 g/mol.